The second kappa shape index (κ2) is 6.18. The molecule has 0 saturated carbocycles. The van der Waals surface area contributed by atoms with Gasteiger partial charge in [0.15, 0.2) is 11.5 Å². The number of aliphatic hydroxyl groups is 2. The van der Waals surface area contributed by atoms with Gasteiger partial charge in [-0.05, 0) is 6.07 Å². The first-order chi connectivity index (χ1) is 8.54. The van der Waals surface area contributed by atoms with E-state index in [1.807, 2.05) is 0 Å². The summed E-state index contributed by atoms with van der Waals surface area (Å²) in [6.45, 7) is -0.271. The van der Waals surface area contributed by atoms with E-state index in [0.717, 1.165) is 0 Å². The van der Waals surface area contributed by atoms with Gasteiger partial charge in [-0.3, -0.25) is 10.1 Å². The second-order valence-electron chi connectivity index (χ2n) is 3.55. The van der Waals surface area contributed by atoms with Crippen molar-refractivity contribution in [3.63, 3.8) is 0 Å². The van der Waals surface area contributed by atoms with Gasteiger partial charge in [-0.25, -0.2) is 0 Å². The Morgan fingerprint density at radius 2 is 1.89 bits per heavy atom. The number of rotatable bonds is 6. The third-order valence-corrected chi connectivity index (χ3v) is 2.49. The molecule has 0 aromatic heterocycles. The lowest BCUT2D eigenvalue weighted by Crippen LogP contribution is -2.05. The summed E-state index contributed by atoms with van der Waals surface area (Å²) >= 11 is 0. The van der Waals surface area contributed by atoms with Crippen molar-refractivity contribution in [2.45, 2.75) is 12.5 Å². The molecule has 1 aromatic carbocycles. The van der Waals surface area contributed by atoms with Crippen LogP contribution in [-0.2, 0) is 0 Å². The number of benzene rings is 1. The molecule has 18 heavy (non-hydrogen) atoms. The van der Waals surface area contributed by atoms with E-state index >= 15 is 0 Å². The highest BCUT2D eigenvalue weighted by Crippen LogP contribution is 2.37. The predicted octanol–water partition coefficient (Wildman–Crippen LogP) is 1.03. The van der Waals surface area contributed by atoms with Crippen molar-refractivity contribution in [3.8, 4) is 11.5 Å². The number of aliphatic hydroxyl groups excluding tert-OH is 2. The fourth-order valence-corrected chi connectivity index (χ4v) is 1.59. The van der Waals surface area contributed by atoms with Crippen LogP contribution in [0.2, 0.25) is 0 Å². The molecule has 0 aliphatic carbocycles. The average Bonchev–Trinajstić information content (AvgIpc) is 2.37. The fourth-order valence-electron chi connectivity index (χ4n) is 1.59. The molecule has 0 amide bonds. The molecule has 0 aliphatic heterocycles. The lowest BCUT2D eigenvalue weighted by molar-refractivity contribution is -0.386. The standard InChI is InChI=1S/C11H15NO6/c1-17-10-5-7(9(14)3-4-13)8(12(15)16)6-11(10)18-2/h5-6,9,13-14H,3-4H2,1-2H3/t9-/m1/s1. The van der Waals surface area contributed by atoms with Crippen molar-refractivity contribution < 1.29 is 24.6 Å². The van der Waals surface area contributed by atoms with Crippen LogP contribution < -0.4 is 9.47 Å². The maximum Gasteiger partial charge on any atom is 0.279 e. The Balaban J connectivity index is 3.33. The van der Waals surface area contributed by atoms with E-state index in [9.17, 15) is 15.2 Å². The van der Waals surface area contributed by atoms with E-state index < -0.39 is 11.0 Å². The van der Waals surface area contributed by atoms with Crippen LogP contribution in [0.3, 0.4) is 0 Å². The molecule has 100 valence electrons. The van der Waals surface area contributed by atoms with E-state index in [1.54, 1.807) is 0 Å². The Morgan fingerprint density at radius 1 is 1.33 bits per heavy atom. The van der Waals surface area contributed by atoms with E-state index in [4.69, 9.17) is 14.6 Å². The van der Waals surface area contributed by atoms with Gasteiger partial charge in [-0.1, -0.05) is 0 Å². The van der Waals surface area contributed by atoms with Crippen molar-refractivity contribution in [1.29, 1.82) is 0 Å². The summed E-state index contributed by atoms with van der Waals surface area (Å²) < 4.78 is 9.98. The molecule has 0 spiro atoms. The summed E-state index contributed by atoms with van der Waals surface area (Å²) in [6, 6.07) is 2.53. The first-order valence-corrected chi connectivity index (χ1v) is 5.24. The van der Waals surface area contributed by atoms with Crippen molar-refractivity contribution in [1.82, 2.24) is 0 Å². The number of hydrogen-bond donors (Lipinski definition) is 2. The number of ether oxygens (including phenoxy) is 2. The smallest absolute Gasteiger partial charge is 0.279 e. The maximum absolute atomic E-state index is 10.9. The zero-order valence-corrected chi connectivity index (χ0v) is 10.1. The predicted molar refractivity (Wildman–Crippen MR) is 62.9 cm³/mol. The van der Waals surface area contributed by atoms with Gasteiger partial charge in [-0.15, -0.1) is 0 Å². The largest absolute Gasteiger partial charge is 0.493 e. The highest BCUT2D eigenvalue weighted by atomic mass is 16.6. The summed E-state index contributed by atoms with van der Waals surface area (Å²) in [4.78, 5) is 10.3. The molecular formula is C11H15NO6. The molecule has 0 fully saturated rings. The highest BCUT2D eigenvalue weighted by molar-refractivity contribution is 5.55. The van der Waals surface area contributed by atoms with Gasteiger partial charge in [0.1, 0.15) is 0 Å². The Kier molecular flexibility index (Phi) is 4.87. The van der Waals surface area contributed by atoms with Gasteiger partial charge in [0.05, 0.1) is 36.9 Å². The van der Waals surface area contributed by atoms with E-state index in [1.165, 1.54) is 26.4 Å². The third kappa shape index (κ3) is 2.88. The van der Waals surface area contributed by atoms with Crippen LogP contribution in [0.25, 0.3) is 0 Å². The molecule has 0 saturated heterocycles. The van der Waals surface area contributed by atoms with Crippen LogP contribution in [0, 0.1) is 10.1 Å². The molecule has 0 bridgehead atoms. The molecule has 1 atom stereocenters. The summed E-state index contributed by atoms with van der Waals surface area (Å²) in [6.07, 6.45) is -1.12. The van der Waals surface area contributed by atoms with Gasteiger partial charge >= 0.3 is 0 Å². The number of nitro groups is 1. The van der Waals surface area contributed by atoms with Crippen LogP contribution in [0.1, 0.15) is 18.1 Å². The number of nitrogens with zero attached hydrogens (tertiary/aromatic N) is 1. The molecule has 7 nitrogen and oxygen atoms in total. The summed E-state index contributed by atoms with van der Waals surface area (Å²) in [7, 11) is 2.76. The molecule has 1 rings (SSSR count). The van der Waals surface area contributed by atoms with E-state index in [2.05, 4.69) is 0 Å². The molecule has 2 N–H and O–H groups in total. The second-order valence-corrected chi connectivity index (χ2v) is 3.55. The fraction of sp³-hybridized carbons (Fsp3) is 0.455. The molecule has 0 radical (unpaired) electrons. The molecular weight excluding hydrogens is 242 g/mol. The third-order valence-electron chi connectivity index (χ3n) is 2.49. The minimum atomic E-state index is -1.13. The first kappa shape index (κ1) is 14.2. The van der Waals surface area contributed by atoms with Crippen molar-refractivity contribution in [2.75, 3.05) is 20.8 Å². The van der Waals surface area contributed by atoms with E-state index in [-0.39, 0.29) is 35.8 Å². The highest BCUT2D eigenvalue weighted by Gasteiger charge is 2.24. The number of nitro benzene ring substituents is 1. The Labute approximate surface area is 104 Å². The van der Waals surface area contributed by atoms with Crippen LogP contribution in [0.5, 0.6) is 11.5 Å². The van der Waals surface area contributed by atoms with Crippen molar-refractivity contribution in [3.05, 3.63) is 27.8 Å². The van der Waals surface area contributed by atoms with Crippen molar-refractivity contribution >= 4 is 5.69 Å². The minimum Gasteiger partial charge on any atom is -0.493 e. The normalized spacial score (nSPS) is 12.0. The lowest BCUT2D eigenvalue weighted by Gasteiger charge is -2.13. The maximum atomic E-state index is 10.9. The van der Waals surface area contributed by atoms with Gasteiger partial charge in [0.2, 0.25) is 0 Å². The zero-order valence-electron chi connectivity index (χ0n) is 10.1. The number of methoxy groups -OCH3 is 2. The lowest BCUT2D eigenvalue weighted by atomic mass is 10.0. The Hall–Kier alpha value is -1.86. The zero-order chi connectivity index (χ0) is 13.7. The quantitative estimate of drug-likeness (QED) is 0.583. The molecule has 7 heteroatoms. The monoisotopic (exact) mass is 257 g/mol. The molecule has 0 heterocycles. The van der Waals surface area contributed by atoms with Gasteiger partial charge in [0, 0.05) is 13.0 Å². The van der Waals surface area contributed by atoms with Crippen LogP contribution in [-0.4, -0.2) is 36.0 Å². The van der Waals surface area contributed by atoms with Crippen LogP contribution >= 0.6 is 0 Å². The van der Waals surface area contributed by atoms with Gasteiger partial charge in [0.25, 0.3) is 5.69 Å². The SMILES string of the molecule is COc1cc([C@H](O)CCO)c([N+](=O)[O-])cc1OC. The topological polar surface area (TPSA) is 102 Å². The minimum absolute atomic E-state index is 0.0102. The van der Waals surface area contributed by atoms with Crippen LogP contribution in [0.4, 0.5) is 5.69 Å². The Morgan fingerprint density at radius 3 is 2.33 bits per heavy atom. The van der Waals surface area contributed by atoms with Gasteiger partial charge in [-0.2, -0.15) is 0 Å². The summed E-state index contributed by atoms with van der Waals surface area (Å²) in [5.74, 6) is 0.499. The average molecular weight is 257 g/mol. The molecule has 0 unspecified atom stereocenters. The summed E-state index contributed by atoms with van der Waals surface area (Å²) in [5.41, 5.74) is -0.180. The van der Waals surface area contributed by atoms with Crippen LogP contribution in [0.15, 0.2) is 12.1 Å². The molecule has 1 aromatic rings. The van der Waals surface area contributed by atoms with Gasteiger partial charge < -0.3 is 19.7 Å². The molecule has 0 aliphatic rings. The Bertz CT molecular complexity index is 434. The first-order valence-electron chi connectivity index (χ1n) is 5.24. The van der Waals surface area contributed by atoms with E-state index in [0.29, 0.717) is 0 Å². The van der Waals surface area contributed by atoms with Crippen molar-refractivity contribution in [2.24, 2.45) is 0 Å². The number of hydrogen-bond acceptors (Lipinski definition) is 6. The summed E-state index contributed by atoms with van der Waals surface area (Å²) in [5, 5.41) is 29.5.